The van der Waals surface area contributed by atoms with Gasteiger partial charge < -0.3 is 5.32 Å². The molecule has 1 fully saturated rings. The molecule has 1 aromatic rings. The number of hydrogen-bond donors (Lipinski definition) is 1. The van der Waals surface area contributed by atoms with Crippen molar-refractivity contribution in [2.45, 2.75) is 26.4 Å². The first-order valence-corrected chi connectivity index (χ1v) is 5.92. The highest BCUT2D eigenvalue weighted by Crippen LogP contribution is 2.51. The third-order valence-electron chi connectivity index (χ3n) is 3.20. The van der Waals surface area contributed by atoms with Crippen molar-refractivity contribution in [3.05, 3.63) is 17.0 Å². The molecule has 0 aliphatic heterocycles. The molecule has 18 heavy (non-hydrogen) atoms. The van der Waals surface area contributed by atoms with Crippen LogP contribution >= 0.6 is 11.6 Å². The minimum absolute atomic E-state index is 0.116. The Hall–Kier alpha value is -1.04. The molecule has 1 aromatic heterocycles. The lowest BCUT2D eigenvalue weighted by molar-refractivity contribution is -0.144. The molecule has 0 saturated heterocycles. The standard InChI is InChI=1S/C11H13ClF3N3/c1-10(2)4-6(10)5-16-8-3-7(12)17-9(18-8)11(13,14)15/h3,6H,4-5H2,1-2H3,(H,16,17,18). The van der Waals surface area contributed by atoms with Crippen LogP contribution in [0.3, 0.4) is 0 Å². The lowest BCUT2D eigenvalue weighted by atomic mass is 10.1. The lowest BCUT2D eigenvalue weighted by Crippen LogP contribution is -2.14. The lowest BCUT2D eigenvalue weighted by Gasteiger charge is -2.10. The van der Waals surface area contributed by atoms with E-state index in [9.17, 15) is 13.2 Å². The van der Waals surface area contributed by atoms with E-state index in [0.717, 1.165) is 6.42 Å². The zero-order valence-corrected chi connectivity index (χ0v) is 10.7. The maximum absolute atomic E-state index is 12.5. The molecule has 1 N–H and O–H groups in total. The second-order valence-corrected chi connectivity index (χ2v) is 5.56. The van der Waals surface area contributed by atoms with Crippen molar-refractivity contribution < 1.29 is 13.2 Å². The molecular formula is C11H13ClF3N3. The van der Waals surface area contributed by atoms with Crippen LogP contribution in [0.25, 0.3) is 0 Å². The molecule has 0 spiro atoms. The zero-order chi connectivity index (χ0) is 13.6. The normalized spacial score (nSPS) is 21.8. The van der Waals surface area contributed by atoms with E-state index in [1.807, 2.05) is 0 Å². The quantitative estimate of drug-likeness (QED) is 0.859. The predicted molar refractivity (Wildman–Crippen MR) is 62.4 cm³/mol. The Bertz CT molecular complexity index is 459. The number of halogens is 4. The SMILES string of the molecule is CC1(C)CC1CNc1cc(Cl)nc(C(F)(F)F)n1. The van der Waals surface area contributed by atoms with E-state index in [2.05, 4.69) is 29.1 Å². The molecular weight excluding hydrogens is 267 g/mol. The van der Waals surface area contributed by atoms with Gasteiger partial charge in [0.05, 0.1) is 0 Å². The summed E-state index contributed by atoms with van der Waals surface area (Å²) in [5.74, 6) is -0.641. The van der Waals surface area contributed by atoms with Crippen LogP contribution in [0, 0.1) is 11.3 Å². The van der Waals surface area contributed by atoms with E-state index in [1.54, 1.807) is 0 Å². The van der Waals surface area contributed by atoms with Gasteiger partial charge in [-0.2, -0.15) is 13.2 Å². The Labute approximate surface area is 108 Å². The van der Waals surface area contributed by atoms with Crippen molar-refractivity contribution >= 4 is 17.4 Å². The highest BCUT2D eigenvalue weighted by atomic mass is 35.5. The number of aromatic nitrogens is 2. The van der Waals surface area contributed by atoms with Gasteiger partial charge in [0, 0.05) is 12.6 Å². The van der Waals surface area contributed by atoms with E-state index in [4.69, 9.17) is 11.6 Å². The second kappa shape index (κ2) is 4.26. The monoisotopic (exact) mass is 279 g/mol. The number of alkyl halides is 3. The summed E-state index contributed by atoms with van der Waals surface area (Å²) in [6, 6.07) is 1.30. The van der Waals surface area contributed by atoms with E-state index in [-0.39, 0.29) is 16.4 Å². The summed E-state index contributed by atoms with van der Waals surface area (Å²) in [6.07, 6.45) is -3.52. The molecule has 0 radical (unpaired) electrons. The Balaban J connectivity index is 2.07. The van der Waals surface area contributed by atoms with Gasteiger partial charge in [-0.15, -0.1) is 0 Å². The first-order valence-electron chi connectivity index (χ1n) is 5.54. The molecule has 1 saturated carbocycles. The van der Waals surface area contributed by atoms with Crippen LogP contribution in [-0.2, 0) is 6.18 Å². The van der Waals surface area contributed by atoms with Gasteiger partial charge in [-0.3, -0.25) is 0 Å². The Kier molecular flexibility index (Phi) is 3.17. The van der Waals surface area contributed by atoms with Crippen LogP contribution in [0.2, 0.25) is 5.15 Å². The number of nitrogens with one attached hydrogen (secondary N) is 1. The van der Waals surface area contributed by atoms with Gasteiger partial charge in [-0.1, -0.05) is 25.4 Å². The number of hydrogen-bond acceptors (Lipinski definition) is 3. The largest absolute Gasteiger partial charge is 0.451 e. The van der Waals surface area contributed by atoms with Crippen LogP contribution in [-0.4, -0.2) is 16.5 Å². The molecule has 0 amide bonds. The fourth-order valence-corrected chi connectivity index (χ4v) is 1.97. The molecule has 1 unspecified atom stereocenters. The van der Waals surface area contributed by atoms with Gasteiger partial charge >= 0.3 is 6.18 Å². The topological polar surface area (TPSA) is 37.8 Å². The van der Waals surface area contributed by atoms with Crippen molar-refractivity contribution in [3.63, 3.8) is 0 Å². The molecule has 7 heteroatoms. The Morgan fingerprint density at radius 1 is 1.44 bits per heavy atom. The van der Waals surface area contributed by atoms with Crippen molar-refractivity contribution in [2.75, 3.05) is 11.9 Å². The third-order valence-corrected chi connectivity index (χ3v) is 3.39. The van der Waals surface area contributed by atoms with Gasteiger partial charge in [0.2, 0.25) is 5.82 Å². The first kappa shape index (κ1) is 13.4. The Morgan fingerprint density at radius 3 is 2.56 bits per heavy atom. The summed E-state index contributed by atoms with van der Waals surface area (Å²) in [4.78, 5) is 6.59. The van der Waals surface area contributed by atoms with E-state index in [0.29, 0.717) is 12.5 Å². The number of nitrogens with zero attached hydrogens (tertiary/aromatic N) is 2. The molecule has 0 bridgehead atoms. The second-order valence-electron chi connectivity index (χ2n) is 5.17. The summed E-state index contributed by atoms with van der Waals surface area (Å²) >= 11 is 5.55. The highest BCUT2D eigenvalue weighted by molar-refractivity contribution is 6.29. The average molecular weight is 280 g/mol. The smallest absolute Gasteiger partial charge is 0.370 e. The van der Waals surface area contributed by atoms with Crippen LogP contribution in [0.15, 0.2) is 6.07 Å². The van der Waals surface area contributed by atoms with Crippen LogP contribution in [0.5, 0.6) is 0 Å². The van der Waals surface area contributed by atoms with Crippen LogP contribution in [0.1, 0.15) is 26.1 Å². The summed E-state index contributed by atoms with van der Waals surface area (Å²) in [6.45, 7) is 4.83. The average Bonchev–Trinajstić information content (AvgIpc) is 2.81. The summed E-state index contributed by atoms with van der Waals surface area (Å²) in [7, 11) is 0. The maximum atomic E-state index is 12.5. The van der Waals surface area contributed by atoms with Gasteiger partial charge in [-0.05, 0) is 17.8 Å². The summed E-state index contributed by atoms with van der Waals surface area (Å²) in [5, 5.41) is 2.67. The molecule has 0 aromatic carbocycles. The van der Waals surface area contributed by atoms with Crippen molar-refractivity contribution in [1.29, 1.82) is 0 Å². The molecule has 1 aliphatic carbocycles. The molecule has 100 valence electrons. The molecule has 1 aliphatic rings. The van der Waals surface area contributed by atoms with Gasteiger partial charge in [0.25, 0.3) is 0 Å². The van der Waals surface area contributed by atoms with E-state index < -0.39 is 12.0 Å². The minimum atomic E-state index is -4.58. The molecule has 3 nitrogen and oxygen atoms in total. The van der Waals surface area contributed by atoms with Gasteiger partial charge in [0.15, 0.2) is 0 Å². The minimum Gasteiger partial charge on any atom is -0.370 e. The zero-order valence-electron chi connectivity index (χ0n) is 9.98. The molecule has 1 atom stereocenters. The molecule has 2 rings (SSSR count). The van der Waals surface area contributed by atoms with Crippen molar-refractivity contribution in [3.8, 4) is 0 Å². The summed E-state index contributed by atoms with van der Waals surface area (Å²) < 4.78 is 37.4. The molecule has 1 heterocycles. The van der Waals surface area contributed by atoms with Gasteiger partial charge in [-0.25, -0.2) is 9.97 Å². The van der Waals surface area contributed by atoms with E-state index >= 15 is 0 Å². The number of rotatable bonds is 3. The fraction of sp³-hybridized carbons (Fsp3) is 0.636. The number of anilines is 1. The summed E-state index contributed by atoms with van der Waals surface area (Å²) in [5.41, 5.74) is 0.261. The van der Waals surface area contributed by atoms with Gasteiger partial charge in [0.1, 0.15) is 11.0 Å². The fourth-order valence-electron chi connectivity index (χ4n) is 1.79. The van der Waals surface area contributed by atoms with E-state index in [1.165, 1.54) is 6.07 Å². The predicted octanol–water partition coefficient (Wildman–Crippen LogP) is 3.61. The van der Waals surface area contributed by atoms with Crippen molar-refractivity contribution in [1.82, 2.24) is 9.97 Å². The Morgan fingerprint density at radius 2 is 2.06 bits per heavy atom. The van der Waals surface area contributed by atoms with Crippen molar-refractivity contribution in [2.24, 2.45) is 11.3 Å². The maximum Gasteiger partial charge on any atom is 0.451 e. The van der Waals surface area contributed by atoms with Crippen LogP contribution in [0.4, 0.5) is 19.0 Å². The first-order chi connectivity index (χ1) is 8.18. The highest BCUT2D eigenvalue weighted by Gasteiger charge is 2.45. The van der Waals surface area contributed by atoms with Crippen LogP contribution < -0.4 is 5.32 Å². The third kappa shape index (κ3) is 3.04.